The van der Waals surface area contributed by atoms with Crippen LogP contribution in [0, 0.1) is 0 Å². The van der Waals surface area contributed by atoms with Gasteiger partial charge in [0, 0.05) is 19.8 Å². The fourth-order valence-corrected chi connectivity index (χ4v) is 1.85. The van der Waals surface area contributed by atoms with Crippen molar-refractivity contribution < 1.29 is 23.1 Å². The summed E-state index contributed by atoms with van der Waals surface area (Å²) in [6, 6.07) is 0. The van der Waals surface area contributed by atoms with Gasteiger partial charge in [0.05, 0.1) is 12.8 Å². The molecule has 108 valence electrons. The number of rotatable bonds is 4. The maximum atomic E-state index is 11.2. The Morgan fingerprint density at radius 3 is 1.44 bits per heavy atom. The van der Waals surface area contributed by atoms with Crippen molar-refractivity contribution in [2.75, 3.05) is 21.3 Å². The van der Waals surface area contributed by atoms with Crippen molar-refractivity contribution in [1.29, 1.82) is 0 Å². The van der Waals surface area contributed by atoms with Gasteiger partial charge in [-0.1, -0.05) is 19.4 Å². The summed E-state index contributed by atoms with van der Waals surface area (Å²) in [5.74, 6) is -0.241. The van der Waals surface area contributed by atoms with Gasteiger partial charge in [0.15, 0.2) is 0 Å². The van der Waals surface area contributed by atoms with Crippen molar-refractivity contribution in [3.05, 3.63) is 11.1 Å². The van der Waals surface area contributed by atoms with E-state index in [9.17, 15) is 9.36 Å². The molecule has 0 fully saturated rings. The summed E-state index contributed by atoms with van der Waals surface area (Å²) < 4.78 is 25.0. The lowest BCUT2D eigenvalue weighted by Crippen LogP contribution is -2.02. The highest BCUT2D eigenvalue weighted by Gasteiger charge is 2.25. The van der Waals surface area contributed by atoms with Crippen LogP contribution in [0.15, 0.2) is 11.1 Å². The van der Waals surface area contributed by atoms with Gasteiger partial charge >= 0.3 is 13.6 Å². The first-order valence-corrected chi connectivity index (χ1v) is 7.21. The van der Waals surface area contributed by atoms with Crippen molar-refractivity contribution in [3.63, 3.8) is 0 Å². The summed E-state index contributed by atoms with van der Waals surface area (Å²) in [4.78, 5) is 10.7. The summed E-state index contributed by atoms with van der Waals surface area (Å²) in [6.45, 7) is 9.11. The number of allylic oxidation sites excluding steroid dienone is 1. The number of carbonyl (C=O) groups excluding carboxylic acids is 1. The standard InChI is InChI=1S/C7H12O2.C5H13O3P/c1-5(2)6(3)7(8)9-4;1-5(2)9(6,7-3)8-4/h1-4H3;5H,1-4H3. The first-order chi connectivity index (χ1) is 8.16. The van der Waals surface area contributed by atoms with E-state index in [4.69, 9.17) is 0 Å². The number of hydrogen-bond acceptors (Lipinski definition) is 5. The van der Waals surface area contributed by atoms with Gasteiger partial charge in [0.2, 0.25) is 0 Å². The Morgan fingerprint density at radius 1 is 1.00 bits per heavy atom. The van der Waals surface area contributed by atoms with Crippen LogP contribution in [0.25, 0.3) is 0 Å². The Labute approximate surface area is 110 Å². The fraction of sp³-hybridized carbons (Fsp3) is 0.750. The Morgan fingerprint density at radius 2 is 1.39 bits per heavy atom. The van der Waals surface area contributed by atoms with Gasteiger partial charge in [-0.15, -0.1) is 0 Å². The summed E-state index contributed by atoms with van der Waals surface area (Å²) in [5, 5.41) is 0. The first-order valence-electron chi connectivity index (χ1n) is 5.59. The normalized spacial score (nSPS) is 10.5. The highest BCUT2D eigenvalue weighted by atomic mass is 31.2. The molecule has 0 aromatic heterocycles. The van der Waals surface area contributed by atoms with Crippen LogP contribution < -0.4 is 0 Å². The molecule has 0 unspecified atom stereocenters. The van der Waals surface area contributed by atoms with Gasteiger partial charge in [0.25, 0.3) is 0 Å². The number of hydrogen-bond donors (Lipinski definition) is 0. The van der Waals surface area contributed by atoms with Crippen LogP contribution in [0.5, 0.6) is 0 Å². The third-order valence-electron chi connectivity index (χ3n) is 2.38. The van der Waals surface area contributed by atoms with Gasteiger partial charge in [-0.05, 0) is 20.8 Å². The third kappa shape index (κ3) is 6.94. The van der Waals surface area contributed by atoms with Crippen LogP contribution in [0.4, 0.5) is 0 Å². The maximum Gasteiger partial charge on any atom is 0.333 e. The molecule has 0 aromatic carbocycles. The van der Waals surface area contributed by atoms with Gasteiger partial charge < -0.3 is 13.8 Å². The molecule has 0 aliphatic heterocycles. The van der Waals surface area contributed by atoms with Gasteiger partial charge in [-0.3, -0.25) is 4.57 Å². The summed E-state index contributed by atoms with van der Waals surface area (Å²) in [7, 11) is 1.42. The molecule has 0 aliphatic rings. The molecular formula is C12H25O5P. The zero-order chi connectivity index (χ0) is 14.9. The van der Waals surface area contributed by atoms with Crippen LogP contribution in [0.3, 0.4) is 0 Å². The molecular weight excluding hydrogens is 255 g/mol. The molecule has 0 amide bonds. The molecule has 0 heterocycles. The minimum atomic E-state index is -2.75. The number of methoxy groups -OCH3 is 1. The predicted octanol–water partition coefficient (Wildman–Crippen LogP) is 3.40. The summed E-state index contributed by atoms with van der Waals surface area (Å²) >= 11 is 0. The molecule has 0 bridgehead atoms. The highest BCUT2D eigenvalue weighted by Crippen LogP contribution is 2.50. The van der Waals surface area contributed by atoms with Gasteiger partial charge in [-0.2, -0.15) is 0 Å². The lowest BCUT2D eigenvalue weighted by atomic mass is 10.2. The molecule has 18 heavy (non-hydrogen) atoms. The SMILES string of the molecule is COC(=O)C(C)=C(C)C.COP(=O)(OC)C(C)C. The van der Waals surface area contributed by atoms with Crippen LogP contribution in [-0.2, 0) is 23.1 Å². The molecule has 0 radical (unpaired) electrons. The van der Waals surface area contributed by atoms with Crippen molar-refractivity contribution in [2.45, 2.75) is 40.3 Å². The van der Waals surface area contributed by atoms with Gasteiger partial charge in [-0.25, -0.2) is 4.79 Å². The Kier molecular flexibility index (Phi) is 10.2. The number of esters is 1. The molecule has 0 saturated carbocycles. The highest BCUT2D eigenvalue weighted by molar-refractivity contribution is 7.54. The summed E-state index contributed by atoms with van der Waals surface area (Å²) in [6.07, 6.45) is 0. The third-order valence-corrected chi connectivity index (χ3v) is 4.67. The van der Waals surface area contributed by atoms with E-state index in [0.29, 0.717) is 5.57 Å². The molecule has 5 nitrogen and oxygen atoms in total. The minimum Gasteiger partial charge on any atom is -0.466 e. The maximum absolute atomic E-state index is 11.2. The zero-order valence-corrected chi connectivity index (χ0v) is 13.5. The van der Waals surface area contributed by atoms with Crippen molar-refractivity contribution >= 4 is 13.6 Å². The lowest BCUT2D eigenvalue weighted by molar-refractivity contribution is -0.136. The minimum absolute atomic E-state index is 0.0625. The summed E-state index contributed by atoms with van der Waals surface area (Å²) in [5.41, 5.74) is 1.63. The molecule has 0 N–H and O–H groups in total. The monoisotopic (exact) mass is 280 g/mol. The van der Waals surface area contributed by atoms with Crippen molar-refractivity contribution in [2.24, 2.45) is 0 Å². The van der Waals surface area contributed by atoms with E-state index in [0.717, 1.165) is 5.57 Å². The largest absolute Gasteiger partial charge is 0.466 e. The Hall–Kier alpha value is -0.640. The smallest absolute Gasteiger partial charge is 0.333 e. The molecule has 0 rings (SSSR count). The Balaban J connectivity index is 0. The van der Waals surface area contributed by atoms with Crippen LogP contribution in [-0.4, -0.2) is 33.0 Å². The second-order valence-electron chi connectivity index (χ2n) is 4.12. The molecule has 0 aliphatic carbocycles. The van der Waals surface area contributed by atoms with E-state index < -0.39 is 7.60 Å². The average Bonchev–Trinajstić information content (AvgIpc) is 2.36. The zero-order valence-electron chi connectivity index (χ0n) is 12.6. The van der Waals surface area contributed by atoms with E-state index >= 15 is 0 Å². The first kappa shape index (κ1) is 19.7. The molecule has 0 aromatic rings. The Bertz CT molecular complexity index is 321. The topological polar surface area (TPSA) is 61.8 Å². The van der Waals surface area contributed by atoms with Gasteiger partial charge in [0.1, 0.15) is 0 Å². The van der Waals surface area contributed by atoms with Crippen LogP contribution in [0.2, 0.25) is 0 Å². The number of ether oxygens (including phenoxy) is 1. The fourth-order valence-electron chi connectivity index (χ4n) is 0.853. The van der Waals surface area contributed by atoms with Crippen LogP contribution >= 0.6 is 7.60 Å². The van der Waals surface area contributed by atoms with E-state index in [-0.39, 0.29) is 11.6 Å². The second-order valence-corrected chi connectivity index (χ2v) is 6.96. The molecule has 0 saturated heterocycles. The molecule has 6 heteroatoms. The van der Waals surface area contributed by atoms with E-state index in [1.165, 1.54) is 21.3 Å². The van der Waals surface area contributed by atoms with E-state index in [1.54, 1.807) is 20.8 Å². The predicted molar refractivity (Wildman–Crippen MR) is 72.8 cm³/mol. The van der Waals surface area contributed by atoms with E-state index in [2.05, 4.69) is 13.8 Å². The van der Waals surface area contributed by atoms with E-state index in [1.807, 2.05) is 13.8 Å². The average molecular weight is 280 g/mol. The quantitative estimate of drug-likeness (QED) is 0.448. The van der Waals surface area contributed by atoms with Crippen LogP contribution in [0.1, 0.15) is 34.6 Å². The van der Waals surface area contributed by atoms with Crippen molar-refractivity contribution in [1.82, 2.24) is 0 Å². The second kappa shape index (κ2) is 9.31. The lowest BCUT2D eigenvalue weighted by Gasteiger charge is -2.16. The number of carbonyl (C=O) groups is 1. The van der Waals surface area contributed by atoms with Crippen molar-refractivity contribution in [3.8, 4) is 0 Å². The molecule has 0 atom stereocenters. The molecule has 0 spiro atoms.